The number of hydrogen-bond donors (Lipinski definition) is 2. The zero-order valence-electron chi connectivity index (χ0n) is 19.4. The fraction of sp³-hybridized carbons (Fsp3) is 0.714. The van der Waals surface area contributed by atoms with Crippen LogP contribution < -0.4 is 5.73 Å². The van der Waals surface area contributed by atoms with Crippen LogP contribution in [0.25, 0.3) is 5.52 Å². The topological polar surface area (TPSA) is 113 Å². The van der Waals surface area contributed by atoms with E-state index in [2.05, 4.69) is 43.9 Å². The van der Waals surface area contributed by atoms with Crippen molar-refractivity contribution in [3.63, 3.8) is 0 Å². The van der Waals surface area contributed by atoms with E-state index in [1.54, 1.807) is 16.6 Å². The van der Waals surface area contributed by atoms with E-state index < -0.39 is 38.2 Å². The number of nitrogen functional groups attached to an aromatic ring is 1. The lowest BCUT2D eigenvalue weighted by molar-refractivity contribution is -0.283. The number of nitrogens with zero attached hydrogens (tertiary/aromatic N) is 3. The number of rotatable bonds is 5. The van der Waals surface area contributed by atoms with E-state index in [1.807, 2.05) is 13.8 Å². The number of nitrogens with two attached hydrogens (primary N) is 1. The highest BCUT2D eigenvalue weighted by molar-refractivity contribution is 6.74. The Hall–Kier alpha value is -1.56. The summed E-state index contributed by atoms with van der Waals surface area (Å²) in [7, 11) is -1.90. The molecule has 2 aromatic heterocycles. The van der Waals surface area contributed by atoms with Gasteiger partial charge in [0.05, 0.1) is 6.10 Å². The maximum atomic E-state index is 11.7. The first-order chi connectivity index (χ1) is 14.3. The summed E-state index contributed by atoms with van der Waals surface area (Å²) in [5.74, 6) is -2.26. The molecule has 4 rings (SSSR count). The van der Waals surface area contributed by atoms with Crippen LogP contribution in [-0.4, -0.2) is 58.7 Å². The second kappa shape index (κ2) is 7.22. The standard InChI is InChI=1S/C21H34N4O5Si/c1-19(2,3)31(6,7)27-11-10-14-16-17(30-20(4,5)29-16)21(26,28-14)15-9-8-13-18(22)23-12-24-25(13)15/h8-9,12,14,16-17,26H,10-11H2,1-7H3,(H2,22,23,24)/t14-,16-,17-,21?/m1/s1. The van der Waals surface area contributed by atoms with Gasteiger partial charge in [-0.2, -0.15) is 5.10 Å². The number of hydrogen-bond acceptors (Lipinski definition) is 8. The van der Waals surface area contributed by atoms with Gasteiger partial charge in [0.25, 0.3) is 0 Å². The van der Waals surface area contributed by atoms with Gasteiger partial charge in [-0.15, -0.1) is 0 Å². The highest BCUT2D eigenvalue weighted by Gasteiger charge is 2.64. The van der Waals surface area contributed by atoms with Crippen LogP contribution in [0.4, 0.5) is 5.82 Å². The Labute approximate surface area is 184 Å². The molecule has 31 heavy (non-hydrogen) atoms. The maximum absolute atomic E-state index is 11.7. The summed E-state index contributed by atoms with van der Waals surface area (Å²) in [6.07, 6.45) is 0.381. The monoisotopic (exact) mass is 450 g/mol. The minimum absolute atomic E-state index is 0.117. The average Bonchev–Trinajstić information content (AvgIpc) is 3.27. The van der Waals surface area contributed by atoms with E-state index in [4.69, 9.17) is 24.4 Å². The van der Waals surface area contributed by atoms with Gasteiger partial charge in [-0.05, 0) is 50.5 Å². The maximum Gasteiger partial charge on any atom is 0.240 e. The Morgan fingerprint density at radius 1 is 1.23 bits per heavy atom. The van der Waals surface area contributed by atoms with Crippen molar-refractivity contribution in [3.8, 4) is 0 Å². The molecule has 0 bridgehead atoms. The lowest BCUT2D eigenvalue weighted by atomic mass is 10.0. The van der Waals surface area contributed by atoms with Gasteiger partial charge in [0.1, 0.15) is 29.7 Å². The molecule has 2 aliphatic heterocycles. The van der Waals surface area contributed by atoms with E-state index in [1.165, 1.54) is 6.33 Å². The molecule has 3 N–H and O–H groups in total. The van der Waals surface area contributed by atoms with Crippen molar-refractivity contribution in [1.29, 1.82) is 0 Å². The Balaban J connectivity index is 1.61. The van der Waals surface area contributed by atoms with Gasteiger partial charge >= 0.3 is 0 Å². The summed E-state index contributed by atoms with van der Waals surface area (Å²) in [6.45, 7) is 15.3. The third-order valence-electron chi connectivity index (χ3n) is 6.73. The highest BCUT2D eigenvalue weighted by atomic mass is 28.4. The molecule has 0 spiro atoms. The third kappa shape index (κ3) is 3.79. The van der Waals surface area contributed by atoms with Crippen LogP contribution in [0.2, 0.25) is 18.1 Å². The molecule has 4 heterocycles. The molecule has 4 atom stereocenters. The lowest BCUT2D eigenvalue weighted by Crippen LogP contribution is -2.42. The van der Waals surface area contributed by atoms with Crippen molar-refractivity contribution < 1.29 is 23.7 Å². The van der Waals surface area contributed by atoms with Crippen molar-refractivity contribution in [3.05, 3.63) is 24.2 Å². The molecular formula is C21H34N4O5Si. The van der Waals surface area contributed by atoms with Crippen molar-refractivity contribution in [1.82, 2.24) is 14.6 Å². The van der Waals surface area contributed by atoms with Crippen LogP contribution in [0.15, 0.2) is 18.5 Å². The van der Waals surface area contributed by atoms with Crippen molar-refractivity contribution in [2.45, 2.75) is 89.1 Å². The summed E-state index contributed by atoms with van der Waals surface area (Å²) in [6, 6.07) is 3.50. The van der Waals surface area contributed by atoms with E-state index >= 15 is 0 Å². The second-order valence-corrected chi connectivity index (χ2v) is 15.2. The first kappa shape index (κ1) is 22.6. The van der Waals surface area contributed by atoms with Gasteiger partial charge in [-0.3, -0.25) is 0 Å². The molecule has 2 fully saturated rings. The molecule has 0 radical (unpaired) electrons. The molecule has 0 amide bonds. The molecule has 9 nitrogen and oxygen atoms in total. The van der Waals surface area contributed by atoms with E-state index in [-0.39, 0.29) is 5.04 Å². The molecule has 2 saturated heterocycles. The molecule has 0 aliphatic carbocycles. The van der Waals surface area contributed by atoms with Crippen LogP contribution in [0, 0.1) is 0 Å². The van der Waals surface area contributed by atoms with Gasteiger partial charge in [0.15, 0.2) is 19.9 Å². The smallest absolute Gasteiger partial charge is 0.240 e. The van der Waals surface area contributed by atoms with Crippen LogP contribution in [0.1, 0.15) is 46.7 Å². The zero-order chi connectivity index (χ0) is 22.8. The predicted octanol–water partition coefficient (Wildman–Crippen LogP) is 2.79. The minimum atomic E-state index is -1.90. The third-order valence-corrected chi connectivity index (χ3v) is 11.3. The number of anilines is 1. The first-order valence-corrected chi connectivity index (χ1v) is 13.6. The fourth-order valence-electron chi connectivity index (χ4n) is 4.03. The van der Waals surface area contributed by atoms with Gasteiger partial charge in [0, 0.05) is 6.61 Å². The Kier molecular flexibility index (Phi) is 5.27. The molecule has 0 saturated carbocycles. The Morgan fingerprint density at radius 3 is 2.61 bits per heavy atom. The molecule has 0 aromatic carbocycles. The lowest BCUT2D eigenvalue weighted by Gasteiger charge is -2.36. The average molecular weight is 451 g/mol. The van der Waals surface area contributed by atoms with E-state index in [0.29, 0.717) is 30.1 Å². The van der Waals surface area contributed by atoms with Crippen LogP contribution in [0.5, 0.6) is 0 Å². The molecule has 2 aromatic rings. The van der Waals surface area contributed by atoms with Crippen molar-refractivity contribution >= 4 is 19.7 Å². The fourth-order valence-corrected chi connectivity index (χ4v) is 5.09. The molecular weight excluding hydrogens is 416 g/mol. The van der Waals surface area contributed by atoms with Crippen LogP contribution in [0.3, 0.4) is 0 Å². The normalized spacial score (nSPS) is 30.8. The molecule has 172 valence electrons. The number of aromatic nitrogens is 3. The zero-order valence-corrected chi connectivity index (χ0v) is 20.4. The predicted molar refractivity (Wildman–Crippen MR) is 118 cm³/mol. The van der Waals surface area contributed by atoms with Gasteiger partial charge in [-0.1, -0.05) is 20.8 Å². The van der Waals surface area contributed by atoms with Crippen LogP contribution >= 0.6 is 0 Å². The number of fused-ring (bicyclic) bond motifs is 2. The summed E-state index contributed by atoms with van der Waals surface area (Å²) in [4.78, 5) is 4.01. The number of ether oxygens (including phenoxy) is 3. The van der Waals surface area contributed by atoms with E-state index in [0.717, 1.165) is 0 Å². The summed E-state index contributed by atoms with van der Waals surface area (Å²) < 4.78 is 26.4. The second-order valence-electron chi connectivity index (χ2n) is 10.4. The summed E-state index contributed by atoms with van der Waals surface area (Å²) in [5.41, 5.74) is 6.99. The largest absolute Gasteiger partial charge is 0.417 e. The minimum Gasteiger partial charge on any atom is -0.417 e. The molecule has 2 aliphatic rings. The molecule has 10 heteroatoms. The Bertz CT molecular complexity index is 972. The first-order valence-electron chi connectivity index (χ1n) is 10.7. The van der Waals surface area contributed by atoms with Crippen molar-refractivity contribution in [2.24, 2.45) is 0 Å². The van der Waals surface area contributed by atoms with Crippen molar-refractivity contribution in [2.75, 3.05) is 12.3 Å². The summed E-state index contributed by atoms with van der Waals surface area (Å²) in [5, 5.41) is 16.1. The highest BCUT2D eigenvalue weighted by Crippen LogP contribution is 2.49. The SMILES string of the molecule is CC1(C)O[C@H]2[C@@H](O1)C(O)(c1ccc3c(N)ncnn13)O[C@@H]2CCO[Si](C)(C)C(C)(C)C. The van der Waals surface area contributed by atoms with E-state index in [9.17, 15) is 5.11 Å². The van der Waals surface area contributed by atoms with Crippen LogP contribution in [-0.2, 0) is 24.4 Å². The van der Waals surface area contributed by atoms with Gasteiger partial charge < -0.3 is 29.5 Å². The molecule has 1 unspecified atom stereocenters. The quantitative estimate of drug-likeness (QED) is 0.669. The summed E-state index contributed by atoms with van der Waals surface area (Å²) >= 11 is 0. The van der Waals surface area contributed by atoms with Gasteiger partial charge in [0.2, 0.25) is 5.79 Å². The Morgan fingerprint density at radius 2 is 1.94 bits per heavy atom. The number of aliphatic hydroxyl groups is 1. The van der Waals surface area contributed by atoms with Gasteiger partial charge in [-0.25, -0.2) is 9.50 Å².